The van der Waals surface area contributed by atoms with Gasteiger partial charge in [0.05, 0.1) is 25.2 Å². The van der Waals surface area contributed by atoms with Crippen molar-refractivity contribution in [3.05, 3.63) is 70.8 Å². The number of amides is 1. The third-order valence-electron chi connectivity index (χ3n) is 8.50. The molecule has 3 rings (SSSR count). The summed E-state index contributed by atoms with van der Waals surface area (Å²) in [6.07, 6.45) is -3.26. The molecule has 1 heterocycles. The van der Waals surface area contributed by atoms with Crippen molar-refractivity contribution in [1.29, 1.82) is 0 Å². The number of carboxylic acids is 3. The molecule has 0 radical (unpaired) electrons. The van der Waals surface area contributed by atoms with Gasteiger partial charge in [0.1, 0.15) is 12.3 Å². The van der Waals surface area contributed by atoms with Crippen LogP contribution in [0.1, 0.15) is 39.9 Å². The van der Waals surface area contributed by atoms with Crippen LogP contribution in [0.4, 0.5) is 13.2 Å². The van der Waals surface area contributed by atoms with Gasteiger partial charge in [0.15, 0.2) is 0 Å². The Morgan fingerprint density at radius 2 is 1.38 bits per heavy atom. The molecule has 1 unspecified atom stereocenters. The molecule has 1 fully saturated rings. The van der Waals surface area contributed by atoms with E-state index in [4.69, 9.17) is 0 Å². The Morgan fingerprint density at radius 1 is 0.800 bits per heavy atom. The Bertz CT molecular complexity index is 1460. The van der Waals surface area contributed by atoms with Crippen molar-refractivity contribution < 1.29 is 52.5 Å². The third kappa shape index (κ3) is 13.5. The van der Waals surface area contributed by atoms with Crippen molar-refractivity contribution >= 4 is 30.1 Å². The number of aldehydes is 1. The van der Waals surface area contributed by atoms with Crippen LogP contribution in [-0.4, -0.2) is 150 Å². The van der Waals surface area contributed by atoms with Gasteiger partial charge in [0, 0.05) is 64.5 Å². The zero-order valence-electron chi connectivity index (χ0n) is 27.7. The van der Waals surface area contributed by atoms with Gasteiger partial charge in [0.25, 0.3) is 5.91 Å². The lowest BCUT2D eigenvalue weighted by molar-refractivity contribution is -0.144. The minimum Gasteiger partial charge on any atom is -0.480 e. The number of halogens is 3. The molecule has 0 bridgehead atoms. The zero-order valence-corrected chi connectivity index (χ0v) is 27.7. The van der Waals surface area contributed by atoms with Gasteiger partial charge in [-0.05, 0) is 42.5 Å². The van der Waals surface area contributed by atoms with E-state index in [1.165, 1.54) is 6.07 Å². The maximum atomic E-state index is 13.2. The van der Waals surface area contributed by atoms with Crippen molar-refractivity contribution in [1.82, 2.24) is 24.9 Å². The van der Waals surface area contributed by atoms with Crippen LogP contribution in [0.5, 0.6) is 0 Å². The molecular weight excluding hydrogens is 663 g/mol. The molecule has 16 heteroatoms. The Morgan fingerprint density at radius 3 is 1.96 bits per heavy atom. The minimum absolute atomic E-state index is 0.0684. The molecule has 0 saturated carbocycles. The van der Waals surface area contributed by atoms with Crippen LogP contribution < -0.4 is 5.32 Å². The lowest BCUT2D eigenvalue weighted by Gasteiger charge is -2.35. The first-order chi connectivity index (χ1) is 23.8. The van der Waals surface area contributed by atoms with E-state index in [1.54, 1.807) is 49.9 Å². The molecule has 0 aliphatic carbocycles. The van der Waals surface area contributed by atoms with Gasteiger partial charge < -0.3 is 25.4 Å². The normalized spacial score (nSPS) is 16.9. The molecule has 0 aromatic heterocycles. The smallest absolute Gasteiger partial charge is 0.416 e. The van der Waals surface area contributed by atoms with Gasteiger partial charge in [-0.3, -0.25) is 38.8 Å². The first-order valence-electron chi connectivity index (χ1n) is 16.3. The number of nitrogens with zero attached hydrogens (tertiary/aromatic N) is 4. The monoisotopic (exact) mass is 707 g/mol. The van der Waals surface area contributed by atoms with Gasteiger partial charge in [-0.1, -0.05) is 36.4 Å². The summed E-state index contributed by atoms with van der Waals surface area (Å²) in [4.78, 5) is 66.8. The molecule has 1 saturated heterocycles. The number of rotatable bonds is 15. The highest BCUT2D eigenvalue weighted by Gasteiger charge is 2.31. The maximum absolute atomic E-state index is 13.2. The summed E-state index contributed by atoms with van der Waals surface area (Å²) in [7, 11) is 0. The van der Waals surface area contributed by atoms with E-state index >= 15 is 0 Å². The molecule has 2 aromatic carbocycles. The number of carbonyl (C=O) groups excluding carboxylic acids is 2. The molecule has 274 valence electrons. The van der Waals surface area contributed by atoms with Gasteiger partial charge >= 0.3 is 24.1 Å². The fourth-order valence-corrected chi connectivity index (χ4v) is 5.88. The molecule has 4 N–H and O–H groups in total. The summed E-state index contributed by atoms with van der Waals surface area (Å²) in [5.41, 5.74) is 0.430. The molecule has 1 atom stereocenters. The number of nitrogens with one attached hydrogen (secondary N) is 1. The summed E-state index contributed by atoms with van der Waals surface area (Å²) in [5, 5.41) is 31.8. The van der Waals surface area contributed by atoms with Crippen LogP contribution in [0.2, 0.25) is 0 Å². The highest BCUT2D eigenvalue weighted by atomic mass is 19.4. The van der Waals surface area contributed by atoms with E-state index in [0.717, 1.165) is 18.4 Å². The van der Waals surface area contributed by atoms with E-state index in [1.807, 2.05) is 0 Å². The molecular formula is C34H44F3N5O8. The second-order valence-electron chi connectivity index (χ2n) is 12.1. The first-order valence-corrected chi connectivity index (χ1v) is 16.3. The van der Waals surface area contributed by atoms with Gasteiger partial charge in [-0.25, -0.2) is 0 Å². The van der Waals surface area contributed by atoms with Crippen LogP contribution in [-0.2, 0) is 31.8 Å². The maximum Gasteiger partial charge on any atom is 0.416 e. The quantitative estimate of drug-likeness (QED) is 0.157. The van der Waals surface area contributed by atoms with Crippen LogP contribution in [0.15, 0.2) is 48.5 Å². The van der Waals surface area contributed by atoms with E-state index < -0.39 is 41.6 Å². The molecule has 0 spiro atoms. The fourth-order valence-electron chi connectivity index (χ4n) is 5.88. The summed E-state index contributed by atoms with van der Waals surface area (Å²) >= 11 is 0. The summed E-state index contributed by atoms with van der Waals surface area (Å²) in [6, 6.07) is 10.5. The Hall–Kier alpha value is -4.38. The molecule has 50 heavy (non-hydrogen) atoms. The summed E-state index contributed by atoms with van der Waals surface area (Å²) < 4.78 is 39.6. The lowest BCUT2D eigenvalue weighted by Crippen LogP contribution is -2.51. The highest BCUT2D eigenvalue weighted by molar-refractivity contribution is 5.95. The third-order valence-corrected chi connectivity index (χ3v) is 8.50. The molecule has 2 aromatic rings. The number of hydrogen-bond acceptors (Lipinski definition) is 9. The average molecular weight is 708 g/mol. The highest BCUT2D eigenvalue weighted by Crippen LogP contribution is 2.30. The van der Waals surface area contributed by atoms with Crippen molar-refractivity contribution in [2.45, 2.75) is 31.5 Å². The largest absolute Gasteiger partial charge is 0.480 e. The SMILES string of the molecule is O=CCN1CCN(CC(=O)O)CCN(CC(=O)O)CCN(C(CCCNC(=O)c2ccccc2Cc2cccc(C(F)(F)F)c2)C(=O)O)CC1. The van der Waals surface area contributed by atoms with E-state index in [0.29, 0.717) is 36.3 Å². The minimum atomic E-state index is -4.50. The second-order valence-corrected chi connectivity index (χ2v) is 12.1. The van der Waals surface area contributed by atoms with Gasteiger partial charge in [-0.15, -0.1) is 0 Å². The van der Waals surface area contributed by atoms with Crippen molar-refractivity contribution in [3.8, 4) is 0 Å². The van der Waals surface area contributed by atoms with Crippen molar-refractivity contribution in [2.24, 2.45) is 0 Å². The van der Waals surface area contributed by atoms with E-state index in [9.17, 15) is 52.5 Å². The number of aliphatic carboxylic acids is 3. The topological polar surface area (TPSA) is 171 Å². The van der Waals surface area contributed by atoms with Gasteiger partial charge in [0.2, 0.25) is 0 Å². The fraction of sp³-hybridized carbons (Fsp3) is 0.500. The van der Waals surface area contributed by atoms with E-state index in [-0.39, 0.29) is 78.2 Å². The molecule has 13 nitrogen and oxygen atoms in total. The van der Waals surface area contributed by atoms with Crippen LogP contribution in [0, 0.1) is 0 Å². The summed E-state index contributed by atoms with van der Waals surface area (Å²) in [6.45, 7) is 1.71. The number of alkyl halides is 3. The Kier molecular flexibility index (Phi) is 15.8. The van der Waals surface area contributed by atoms with E-state index in [2.05, 4.69) is 5.32 Å². The van der Waals surface area contributed by atoms with Crippen LogP contribution >= 0.6 is 0 Å². The molecule has 1 aliphatic rings. The van der Waals surface area contributed by atoms with Crippen molar-refractivity contribution in [3.63, 3.8) is 0 Å². The number of benzene rings is 2. The number of hydrogen-bond donors (Lipinski definition) is 4. The van der Waals surface area contributed by atoms with Crippen molar-refractivity contribution in [2.75, 3.05) is 78.5 Å². The zero-order chi connectivity index (χ0) is 36.7. The average Bonchev–Trinajstić information content (AvgIpc) is 3.04. The first kappa shape index (κ1) is 40.1. The van der Waals surface area contributed by atoms with Crippen LogP contribution in [0.25, 0.3) is 0 Å². The van der Waals surface area contributed by atoms with Crippen LogP contribution in [0.3, 0.4) is 0 Å². The predicted molar refractivity (Wildman–Crippen MR) is 176 cm³/mol. The summed E-state index contributed by atoms with van der Waals surface area (Å²) in [5.74, 6) is -3.66. The standard InChI is InChI=1S/C34H44F3N5O8/c35-34(36,37)27-7-3-5-25(22-27)21-26-6-1-2-8-28(26)32(48)38-10-4-9-29(33(49)50)42-17-15-39(19-20-43)11-12-40(23-30(44)45)13-14-41(16-18-42)24-31(46)47/h1-3,5-8,20,22,29H,4,9-19,21,23-24H2,(H,38,48)(H,44,45)(H,46,47)(H,49,50). The number of carboxylic acid groups (broad SMARTS) is 3. The Labute approximate surface area is 288 Å². The second kappa shape index (κ2) is 19.7. The van der Waals surface area contributed by atoms with Gasteiger partial charge in [-0.2, -0.15) is 13.2 Å². The molecule has 1 aliphatic heterocycles. The number of carbonyl (C=O) groups is 5. The predicted octanol–water partition coefficient (Wildman–Crippen LogP) is 1.85. The lowest BCUT2D eigenvalue weighted by atomic mass is 9.98. The Balaban J connectivity index is 1.67. The molecule has 1 amide bonds.